The van der Waals surface area contributed by atoms with Gasteiger partial charge in [-0.1, -0.05) is 13.0 Å². The summed E-state index contributed by atoms with van der Waals surface area (Å²) in [7, 11) is 0.161. The second-order valence-electron chi connectivity index (χ2n) is 6.79. The summed E-state index contributed by atoms with van der Waals surface area (Å²) in [6.45, 7) is 3.78. The highest BCUT2D eigenvalue weighted by Gasteiger charge is 2.27. The third-order valence-electron chi connectivity index (χ3n) is 4.60. The van der Waals surface area contributed by atoms with Gasteiger partial charge in [0.05, 0.1) is 4.90 Å². The van der Waals surface area contributed by atoms with Crippen LogP contribution >= 0.6 is 0 Å². The summed E-state index contributed by atoms with van der Waals surface area (Å²) in [5, 5.41) is 0. The molecule has 0 aromatic heterocycles. The predicted octanol–water partition coefficient (Wildman–Crippen LogP) is 1.93. The fraction of sp³-hybridized carbons (Fsp3) is 0.611. The van der Waals surface area contributed by atoms with Crippen LogP contribution in [0.4, 0.5) is 0 Å². The third-order valence-corrected chi connectivity index (χ3v) is 6.06. The standard InChI is InChI=1S/C18H29N3O3S/c1-4-16-9-5-6-12-21(16)18(22)15-8-7-10-17(14-15)25(23,24)19-11-13-20(2)3/h7-8,10,14,16,19H,4-6,9,11-13H2,1-3H3. The summed E-state index contributed by atoms with van der Waals surface area (Å²) in [5.41, 5.74) is 0.441. The van der Waals surface area contributed by atoms with E-state index in [-0.39, 0.29) is 16.8 Å². The van der Waals surface area contributed by atoms with Gasteiger partial charge in [0.1, 0.15) is 0 Å². The van der Waals surface area contributed by atoms with Crippen molar-refractivity contribution < 1.29 is 13.2 Å². The molecule has 0 spiro atoms. The summed E-state index contributed by atoms with van der Waals surface area (Å²) < 4.78 is 27.4. The number of benzene rings is 1. The molecular weight excluding hydrogens is 338 g/mol. The zero-order valence-corrected chi connectivity index (χ0v) is 16.2. The third kappa shape index (κ3) is 5.26. The van der Waals surface area contributed by atoms with Gasteiger partial charge in [-0.15, -0.1) is 0 Å². The highest BCUT2D eigenvalue weighted by molar-refractivity contribution is 7.89. The molecule has 1 fully saturated rings. The molecule has 0 bridgehead atoms. The number of likely N-dealkylation sites (N-methyl/N-ethyl adjacent to an activating group) is 1. The minimum absolute atomic E-state index is 0.0723. The Labute approximate surface area is 151 Å². The average Bonchev–Trinajstić information content (AvgIpc) is 2.60. The molecule has 1 atom stereocenters. The molecule has 1 aliphatic heterocycles. The Hall–Kier alpha value is -1.44. The van der Waals surface area contributed by atoms with Gasteiger partial charge in [0.15, 0.2) is 0 Å². The summed E-state index contributed by atoms with van der Waals surface area (Å²) in [4.78, 5) is 16.8. The van der Waals surface area contributed by atoms with Crippen LogP contribution in [0.1, 0.15) is 43.0 Å². The Bertz CT molecular complexity index is 689. The van der Waals surface area contributed by atoms with Crippen LogP contribution in [0, 0.1) is 0 Å². The fourth-order valence-electron chi connectivity index (χ4n) is 3.14. The minimum atomic E-state index is -3.61. The highest BCUT2D eigenvalue weighted by Crippen LogP contribution is 2.22. The van der Waals surface area contributed by atoms with E-state index in [9.17, 15) is 13.2 Å². The number of sulfonamides is 1. The van der Waals surface area contributed by atoms with Gasteiger partial charge in [-0.3, -0.25) is 4.79 Å². The Morgan fingerprint density at radius 2 is 2.08 bits per heavy atom. The van der Waals surface area contributed by atoms with E-state index in [1.54, 1.807) is 12.1 Å². The number of likely N-dealkylation sites (tertiary alicyclic amines) is 1. The fourth-order valence-corrected chi connectivity index (χ4v) is 4.21. The SMILES string of the molecule is CCC1CCCCN1C(=O)c1cccc(S(=O)(=O)NCCN(C)C)c1. The van der Waals surface area contributed by atoms with E-state index in [0.29, 0.717) is 18.7 Å². The lowest BCUT2D eigenvalue weighted by molar-refractivity contribution is 0.0608. The topological polar surface area (TPSA) is 69.7 Å². The molecule has 7 heteroatoms. The maximum atomic E-state index is 12.9. The van der Waals surface area contributed by atoms with Crippen LogP contribution < -0.4 is 4.72 Å². The van der Waals surface area contributed by atoms with Crippen molar-refractivity contribution in [1.29, 1.82) is 0 Å². The number of nitrogens with zero attached hydrogens (tertiary/aromatic N) is 2. The maximum absolute atomic E-state index is 12.9. The zero-order chi connectivity index (χ0) is 18.4. The highest BCUT2D eigenvalue weighted by atomic mass is 32.2. The summed E-state index contributed by atoms with van der Waals surface area (Å²) in [6, 6.07) is 6.60. The van der Waals surface area contributed by atoms with Gasteiger partial charge < -0.3 is 9.80 Å². The van der Waals surface area contributed by atoms with Crippen molar-refractivity contribution in [2.45, 2.75) is 43.5 Å². The maximum Gasteiger partial charge on any atom is 0.254 e. The van der Waals surface area contributed by atoms with E-state index >= 15 is 0 Å². The van der Waals surface area contributed by atoms with Gasteiger partial charge >= 0.3 is 0 Å². The van der Waals surface area contributed by atoms with E-state index in [2.05, 4.69) is 11.6 Å². The predicted molar refractivity (Wildman–Crippen MR) is 99.2 cm³/mol. The molecule has 1 aromatic carbocycles. The first kappa shape index (κ1) is 19.9. The van der Waals surface area contributed by atoms with Crippen molar-refractivity contribution in [3.8, 4) is 0 Å². The van der Waals surface area contributed by atoms with Crippen molar-refractivity contribution in [2.75, 3.05) is 33.7 Å². The van der Waals surface area contributed by atoms with Crippen molar-refractivity contribution in [2.24, 2.45) is 0 Å². The zero-order valence-electron chi connectivity index (χ0n) is 15.4. The van der Waals surface area contributed by atoms with E-state index in [0.717, 1.165) is 32.2 Å². The number of amides is 1. The van der Waals surface area contributed by atoms with Gasteiger partial charge in [0, 0.05) is 31.2 Å². The lowest BCUT2D eigenvalue weighted by Crippen LogP contribution is -2.43. The van der Waals surface area contributed by atoms with Crippen molar-refractivity contribution in [1.82, 2.24) is 14.5 Å². The minimum Gasteiger partial charge on any atom is -0.336 e. The molecule has 6 nitrogen and oxygen atoms in total. The number of hydrogen-bond acceptors (Lipinski definition) is 4. The first-order valence-corrected chi connectivity index (χ1v) is 10.4. The first-order chi connectivity index (χ1) is 11.8. The van der Waals surface area contributed by atoms with Crippen LogP contribution in [-0.2, 0) is 10.0 Å². The molecule has 2 rings (SSSR count). The Kier molecular flexibility index (Phi) is 6.98. The Morgan fingerprint density at radius 1 is 1.32 bits per heavy atom. The molecule has 1 saturated heterocycles. The lowest BCUT2D eigenvalue weighted by atomic mass is 9.99. The van der Waals surface area contributed by atoms with E-state index in [1.807, 2.05) is 23.9 Å². The lowest BCUT2D eigenvalue weighted by Gasteiger charge is -2.35. The quantitative estimate of drug-likeness (QED) is 0.799. The molecule has 0 aliphatic carbocycles. The molecule has 1 amide bonds. The Morgan fingerprint density at radius 3 is 2.76 bits per heavy atom. The van der Waals surface area contributed by atoms with E-state index in [1.165, 1.54) is 12.1 Å². The molecule has 1 heterocycles. The van der Waals surface area contributed by atoms with Crippen molar-refractivity contribution >= 4 is 15.9 Å². The summed E-state index contributed by atoms with van der Waals surface area (Å²) in [5.74, 6) is -0.0723. The molecule has 1 aromatic rings. The molecule has 25 heavy (non-hydrogen) atoms. The number of carbonyl (C=O) groups is 1. The van der Waals surface area contributed by atoms with E-state index in [4.69, 9.17) is 0 Å². The molecular formula is C18H29N3O3S. The van der Waals surface area contributed by atoms with Gasteiger partial charge in [-0.05, 0) is 58.0 Å². The molecule has 0 saturated carbocycles. The van der Waals surface area contributed by atoms with Crippen LogP contribution in [0.15, 0.2) is 29.2 Å². The normalized spacial score (nSPS) is 18.6. The van der Waals surface area contributed by atoms with Crippen LogP contribution in [0.5, 0.6) is 0 Å². The van der Waals surface area contributed by atoms with Gasteiger partial charge in [-0.2, -0.15) is 0 Å². The average molecular weight is 368 g/mol. The molecule has 1 N–H and O–H groups in total. The number of nitrogens with one attached hydrogen (secondary N) is 1. The first-order valence-electron chi connectivity index (χ1n) is 8.90. The Balaban J connectivity index is 2.16. The monoisotopic (exact) mass is 367 g/mol. The van der Waals surface area contributed by atoms with Crippen LogP contribution in [0.2, 0.25) is 0 Å². The largest absolute Gasteiger partial charge is 0.336 e. The van der Waals surface area contributed by atoms with Crippen LogP contribution in [0.3, 0.4) is 0 Å². The van der Waals surface area contributed by atoms with Gasteiger partial charge in [0.2, 0.25) is 10.0 Å². The number of piperidine rings is 1. The van der Waals surface area contributed by atoms with Gasteiger partial charge in [-0.25, -0.2) is 13.1 Å². The second-order valence-corrected chi connectivity index (χ2v) is 8.55. The van der Waals surface area contributed by atoms with E-state index < -0.39 is 10.0 Å². The van der Waals surface area contributed by atoms with Gasteiger partial charge in [0.25, 0.3) is 5.91 Å². The van der Waals surface area contributed by atoms with Crippen LogP contribution in [0.25, 0.3) is 0 Å². The second kappa shape index (κ2) is 8.78. The molecule has 1 unspecified atom stereocenters. The van der Waals surface area contributed by atoms with Crippen molar-refractivity contribution in [3.63, 3.8) is 0 Å². The number of hydrogen-bond donors (Lipinski definition) is 1. The summed E-state index contributed by atoms with van der Waals surface area (Å²) >= 11 is 0. The van der Waals surface area contributed by atoms with Crippen molar-refractivity contribution in [3.05, 3.63) is 29.8 Å². The molecule has 1 aliphatic rings. The summed E-state index contributed by atoms with van der Waals surface area (Å²) in [6.07, 6.45) is 4.10. The molecule has 0 radical (unpaired) electrons. The number of rotatable bonds is 7. The van der Waals surface area contributed by atoms with Crippen LogP contribution in [-0.4, -0.2) is 63.9 Å². The number of carbonyl (C=O) groups excluding carboxylic acids is 1. The smallest absolute Gasteiger partial charge is 0.254 e. The molecule has 140 valence electrons.